The number of nitrogens with one attached hydrogen (secondary N) is 2. The summed E-state index contributed by atoms with van der Waals surface area (Å²) in [6.07, 6.45) is 5.26. The number of hydrogen-bond acceptors (Lipinski definition) is 8. The highest BCUT2D eigenvalue weighted by Crippen LogP contribution is 2.40. The van der Waals surface area contributed by atoms with Gasteiger partial charge in [-0.05, 0) is 73.2 Å². The molecule has 1 aliphatic rings. The van der Waals surface area contributed by atoms with E-state index in [9.17, 15) is 26.4 Å². The molecule has 4 aromatic carbocycles. The zero-order chi connectivity index (χ0) is 31.4. The Morgan fingerprint density at radius 3 is 1.30 bits per heavy atom. The van der Waals surface area contributed by atoms with E-state index in [4.69, 9.17) is 0 Å². The molecule has 0 radical (unpaired) electrons. The Balaban J connectivity index is 1.63. The van der Waals surface area contributed by atoms with Crippen molar-refractivity contribution in [3.63, 3.8) is 0 Å². The molecule has 1 aliphatic carbocycles. The third-order valence-electron chi connectivity index (χ3n) is 7.77. The van der Waals surface area contributed by atoms with Gasteiger partial charge in [0, 0.05) is 11.1 Å². The number of carbonyl (C=O) groups is 2. The van der Waals surface area contributed by atoms with Crippen LogP contribution in [0.4, 0.5) is 22.7 Å². The van der Waals surface area contributed by atoms with Crippen molar-refractivity contribution < 1.29 is 26.4 Å². The van der Waals surface area contributed by atoms with Crippen LogP contribution in [0, 0.1) is 0 Å². The summed E-state index contributed by atoms with van der Waals surface area (Å²) in [5.41, 5.74) is 3.52. The summed E-state index contributed by atoms with van der Waals surface area (Å²) in [5.74, 6) is -0.807. The van der Waals surface area contributed by atoms with Crippen LogP contribution in [-0.2, 0) is 34.2 Å². The minimum absolute atomic E-state index is 0.0773. The molecule has 0 saturated carbocycles. The number of hydrogen-bond donors (Lipinski definition) is 4. The second-order valence-corrected chi connectivity index (χ2v) is 12.8. The first-order chi connectivity index (χ1) is 21.2. The molecule has 228 valence electrons. The lowest BCUT2D eigenvalue weighted by molar-refractivity contribution is 0.0980. The largest absolute Gasteiger partial charge is 0.354 e. The van der Waals surface area contributed by atoms with Crippen LogP contribution in [0.2, 0.25) is 0 Å². The fourth-order valence-electron chi connectivity index (χ4n) is 5.46. The molecule has 0 bridgehead atoms. The van der Waals surface area contributed by atoms with Crippen molar-refractivity contribution in [1.82, 2.24) is 0 Å². The van der Waals surface area contributed by atoms with E-state index in [-0.39, 0.29) is 54.8 Å². The van der Waals surface area contributed by atoms with E-state index in [1.165, 1.54) is 0 Å². The number of ketones is 2. The molecule has 4 aromatic rings. The van der Waals surface area contributed by atoms with E-state index < -0.39 is 33.0 Å². The van der Waals surface area contributed by atoms with Gasteiger partial charge in [-0.15, -0.1) is 0 Å². The van der Waals surface area contributed by atoms with Crippen molar-refractivity contribution in [3.8, 4) is 0 Å². The van der Waals surface area contributed by atoms with Crippen molar-refractivity contribution in [2.45, 2.75) is 62.2 Å². The van der Waals surface area contributed by atoms with Gasteiger partial charge < -0.3 is 10.6 Å². The first-order valence-electron chi connectivity index (χ1n) is 14.7. The van der Waals surface area contributed by atoms with Gasteiger partial charge >= 0.3 is 0 Å². The molecule has 0 fully saturated rings. The summed E-state index contributed by atoms with van der Waals surface area (Å²) in [7, 11) is -5.92. The summed E-state index contributed by atoms with van der Waals surface area (Å²) in [4.78, 5) is 28.1. The molecule has 10 heteroatoms. The first-order valence-corrected chi connectivity index (χ1v) is 17.0. The summed E-state index contributed by atoms with van der Waals surface area (Å²) in [6, 6.07) is 20.0. The Bertz CT molecular complexity index is 1770. The summed E-state index contributed by atoms with van der Waals surface area (Å²) in [5, 5.41) is 6.23. The smallest absolute Gasteiger partial charge is 0.196 e. The lowest BCUT2D eigenvalue weighted by Gasteiger charge is -2.24. The second-order valence-electron chi connectivity index (χ2n) is 10.8. The van der Waals surface area contributed by atoms with Crippen LogP contribution in [0.25, 0.3) is 0 Å². The molecular formula is C34H34N2O6S2. The highest BCUT2D eigenvalue weighted by atomic mass is 32.2. The standard InChI is InChI=1S/C34H34N2O6S2/c1-3-5-9-21-13-15-25(29(19-21)43(39)40)35-27-17-18-28(32-31(27)33(37)23-11-7-8-12-24(23)34(32)38)36-26-16-14-22(10-6-4-2)20-30(26)44(41)42/h7-8,11-20,35-36,43-44H,3-6,9-10H2,1-2H3. The molecule has 5 rings (SSSR count). The fraction of sp³-hybridized carbons (Fsp3) is 0.235. The monoisotopic (exact) mass is 630 g/mol. The SMILES string of the molecule is CCCCc1ccc(Nc2ccc(Nc3ccc(CCCC)cc3[SH](=O)=O)c3c2C(=O)c2ccccc2C3=O)c([SH](=O)=O)c1. The highest BCUT2D eigenvalue weighted by Gasteiger charge is 2.34. The highest BCUT2D eigenvalue weighted by molar-refractivity contribution is 7.73. The maximum absolute atomic E-state index is 13.9. The number of thiol groups is 2. The Kier molecular flexibility index (Phi) is 9.61. The normalized spacial score (nSPS) is 12.4. The second kappa shape index (κ2) is 13.6. The number of aryl methyl sites for hydroxylation is 2. The van der Waals surface area contributed by atoms with Crippen LogP contribution in [0.3, 0.4) is 0 Å². The number of anilines is 4. The van der Waals surface area contributed by atoms with Crippen molar-refractivity contribution >= 4 is 55.7 Å². The maximum Gasteiger partial charge on any atom is 0.196 e. The first kappa shape index (κ1) is 31.2. The lowest BCUT2D eigenvalue weighted by Crippen LogP contribution is -2.23. The van der Waals surface area contributed by atoms with Gasteiger partial charge in [0.1, 0.15) is 0 Å². The summed E-state index contributed by atoms with van der Waals surface area (Å²) >= 11 is 0. The third kappa shape index (κ3) is 6.32. The van der Waals surface area contributed by atoms with Gasteiger partial charge in [0.15, 0.2) is 33.0 Å². The molecule has 0 aliphatic heterocycles. The number of benzene rings is 4. The van der Waals surface area contributed by atoms with Gasteiger partial charge in [-0.1, -0.05) is 63.1 Å². The zero-order valence-corrected chi connectivity index (χ0v) is 26.3. The van der Waals surface area contributed by atoms with Crippen LogP contribution in [0.1, 0.15) is 82.5 Å². The Morgan fingerprint density at radius 2 is 0.932 bits per heavy atom. The van der Waals surface area contributed by atoms with Gasteiger partial charge in [-0.25, -0.2) is 16.8 Å². The predicted octanol–water partition coefficient (Wildman–Crippen LogP) is 6.58. The average Bonchev–Trinajstić information content (AvgIpc) is 3.02. The van der Waals surface area contributed by atoms with Crippen LogP contribution in [0.5, 0.6) is 0 Å². The van der Waals surface area contributed by atoms with Crippen LogP contribution in [0.15, 0.2) is 82.6 Å². The van der Waals surface area contributed by atoms with Crippen LogP contribution in [-0.4, -0.2) is 28.4 Å². The number of carbonyl (C=O) groups excluding carboxylic acids is 2. The van der Waals surface area contributed by atoms with Crippen LogP contribution >= 0.6 is 0 Å². The Labute approximate surface area is 260 Å². The predicted molar refractivity (Wildman–Crippen MR) is 174 cm³/mol. The van der Waals surface area contributed by atoms with Gasteiger partial charge in [0.2, 0.25) is 0 Å². The molecule has 0 unspecified atom stereocenters. The van der Waals surface area contributed by atoms with E-state index in [0.717, 1.165) is 49.7 Å². The van der Waals surface area contributed by atoms with Gasteiger partial charge in [-0.2, -0.15) is 0 Å². The van der Waals surface area contributed by atoms with E-state index in [2.05, 4.69) is 24.5 Å². The number of unbranched alkanes of at least 4 members (excludes halogenated alkanes) is 2. The molecule has 0 saturated heterocycles. The molecular weight excluding hydrogens is 597 g/mol. The van der Waals surface area contributed by atoms with E-state index in [1.807, 2.05) is 12.1 Å². The van der Waals surface area contributed by atoms with E-state index in [0.29, 0.717) is 0 Å². The van der Waals surface area contributed by atoms with Crippen molar-refractivity contribution in [3.05, 3.63) is 106 Å². The van der Waals surface area contributed by atoms with Crippen molar-refractivity contribution in [1.29, 1.82) is 0 Å². The molecule has 8 nitrogen and oxygen atoms in total. The molecule has 0 aromatic heterocycles. The number of fused-ring (bicyclic) bond motifs is 2. The molecule has 0 atom stereocenters. The minimum Gasteiger partial charge on any atom is -0.354 e. The lowest BCUT2D eigenvalue weighted by atomic mass is 9.82. The maximum atomic E-state index is 13.9. The van der Waals surface area contributed by atoms with Crippen molar-refractivity contribution in [2.75, 3.05) is 10.6 Å². The molecule has 0 heterocycles. The quantitative estimate of drug-likeness (QED) is 0.114. The molecule has 2 N–H and O–H groups in total. The van der Waals surface area contributed by atoms with E-state index >= 15 is 0 Å². The summed E-state index contributed by atoms with van der Waals surface area (Å²) in [6.45, 7) is 4.13. The minimum atomic E-state index is -2.96. The zero-order valence-electron chi connectivity index (χ0n) is 24.5. The van der Waals surface area contributed by atoms with Gasteiger partial charge in [0.25, 0.3) is 0 Å². The Morgan fingerprint density at radius 1 is 0.545 bits per heavy atom. The third-order valence-corrected chi connectivity index (χ3v) is 9.30. The van der Waals surface area contributed by atoms with Gasteiger partial charge in [-0.3, -0.25) is 9.59 Å². The summed E-state index contributed by atoms with van der Waals surface area (Å²) < 4.78 is 49.0. The van der Waals surface area contributed by atoms with E-state index in [1.54, 1.807) is 60.7 Å². The molecule has 44 heavy (non-hydrogen) atoms. The number of rotatable bonds is 12. The molecule has 0 spiro atoms. The fourth-order valence-corrected chi connectivity index (χ4v) is 6.66. The van der Waals surface area contributed by atoms with Crippen LogP contribution < -0.4 is 10.6 Å². The van der Waals surface area contributed by atoms with Crippen molar-refractivity contribution in [2.24, 2.45) is 0 Å². The van der Waals surface area contributed by atoms with Gasteiger partial charge in [0.05, 0.1) is 43.7 Å². The molecule has 0 amide bonds. The topological polar surface area (TPSA) is 126 Å². The Hall–Kier alpha value is -4.28. The average molecular weight is 631 g/mol.